The van der Waals surface area contributed by atoms with Crippen LogP contribution in [-0.4, -0.2) is 33.6 Å². The first-order chi connectivity index (χ1) is 10.1. The predicted octanol–water partition coefficient (Wildman–Crippen LogP) is 2.46. The summed E-state index contributed by atoms with van der Waals surface area (Å²) >= 11 is 0. The lowest BCUT2D eigenvalue weighted by atomic mass is 9.85. The van der Waals surface area contributed by atoms with Crippen LogP contribution in [0.1, 0.15) is 42.5 Å². The van der Waals surface area contributed by atoms with Crippen LogP contribution in [-0.2, 0) is 0 Å². The zero-order valence-corrected chi connectivity index (χ0v) is 11.6. The van der Waals surface area contributed by atoms with Crippen LogP contribution in [0.25, 0.3) is 0 Å². The third kappa shape index (κ3) is 2.43. The van der Waals surface area contributed by atoms with Gasteiger partial charge in [-0.2, -0.15) is 0 Å². The van der Waals surface area contributed by atoms with Crippen molar-refractivity contribution in [1.29, 1.82) is 0 Å². The highest BCUT2D eigenvalue weighted by Crippen LogP contribution is 2.40. The molecule has 2 aliphatic rings. The van der Waals surface area contributed by atoms with E-state index in [2.05, 4.69) is 4.98 Å². The first kappa shape index (κ1) is 13.8. The van der Waals surface area contributed by atoms with Gasteiger partial charge in [-0.05, 0) is 25.2 Å². The topological polar surface area (TPSA) is 96.6 Å². The largest absolute Gasteiger partial charge is 0.478 e. The van der Waals surface area contributed by atoms with Gasteiger partial charge in [0.1, 0.15) is 0 Å². The van der Waals surface area contributed by atoms with Crippen LogP contribution < -0.4 is 4.90 Å². The Morgan fingerprint density at radius 2 is 2.14 bits per heavy atom. The van der Waals surface area contributed by atoms with Gasteiger partial charge in [0.25, 0.3) is 0 Å². The highest BCUT2D eigenvalue weighted by molar-refractivity contribution is 5.88. The Hall–Kier alpha value is -2.18. The molecule has 2 heterocycles. The summed E-state index contributed by atoms with van der Waals surface area (Å²) in [7, 11) is 0. The highest BCUT2D eigenvalue weighted by atomic mass is 16.6. The molecule has 1 aromatic heterocycles. The molecule has 1 saturated heterocycles. The van der Waals surface area contributed by atoms with Crippen molar-refractivity contribution in [1.82, 2.24) is 4.98 Å². The summed E-state index contributed by atoms with van der Waals surface area (Å²) in [4.78, 5) is 27.8. The molecule has 112 valence electrons. The van der Waals surface area contributed by atoms with E-state index >= 15 is 0 Å². The van der Waals surface area contributed by atoms with Gasteiger partial charge in [-0.1, -0.05) is 12.8 Å². The van der Waals surface area contributed by atoms with Gasteiger partial charge >= 0.3 is 11.7 Å². The second-order valence-corrected chi connectivity index (χ2v) is 5.72. The Bertz CT molecular complexity index is 590. The van der Waals surface area contributed by atoms with Crippen molar-refractivity contribution in [3.63, 3.8) is 0 Å². The monoisotopic (exact) mass is 291 g/mol. The summed E-state index contributed by atoms with van der Waals surface area (Å²) in [5, 5.41) is 20.2. The second kappa shape index (κ2) is 5.31. The van der Waals surface area contributed by atoms with Gasteiger partial charge in [0, 0.05) is 24.8 Å². The number of nitrogens with zero attached hydrogens (tertiary/aromatic N) is 3. The van der Waals surface area contributed by atoms with Crippen molar-refractivity contribution in [3.05, 3.63) is 27.9 Å². The van der Waals surface area contributed by atoms with E-state index in [-0.39, 0.29) is 11.3 Å². The standard InChI is InChI=1S/C14H17N3O4/c18-14(19)10-7-12(17(20)21)13(15-8-10)16-6-5-9-3-1-2-4-11(9)16/h7-9,11H,1-6H2,(H,18,19). The molecule has 0 bridgehead atoms. The number of aromatic carboxylic acids is 1. The van der Waals surface area contributed by atoms with Crippen LogP contribution in [0, 0.1) is 16.0 Å². The first-order valence-corrected chi connectivity index (χ1v) is 7.22. The van der Waals surface area contributed by atoms with Crippen LogP contribution in [0.4, 0.5) is 11.5 Å². The Kier molecular flexibility index (Phi) is 3.48. The molecule has 7 nitrogen and oxygen atoms in total. The summed E-state index contributed by atoms with van der Waals surface area (Å²) < 4.78 is 0. The summed E-state index contributed by atoms with van der Waals surface area (Å²) in [6.07, 6.45) is 6.80. The van der Waals surface area contributed by atoms with Crippen molar-refractivity contribution in [2.75, 3.05) is 11.4 Å². The van der Waals surface area contributed by atoms with Gasteiger partial charge in [-0.15, -0.1) is 0 Å². The van der Waals surface area contributed by atoms with E-state index in [1.807, 2.05) is 4.90 Å². The second-order valence-electron chi connectivity index (χ2n) is 5.72. The average Bonchev–Trinajstić information content (AvgIpc) is 2.90. The van der Waals surface area contributed by atoms with Crippen molar-refractivity contribution >= 4 is 17.5 Å². The molecule has 2 unspecified atom stereocenters. The molecule has 0 radical (unpaired) electrons. The van der Waals surface area contributed by atoms with Gasteiger partial charge < -0.3 is 10.0 Å². The summed E-state index contributed by atoms with van der Waals surface area (Å²) in [5.74, 6) is -0.298. The molecular weight excluding hydrogens is 274 g/mol. The fourth-order valence-corrected chi connectivity index (χ4v) is 3.59. The number of carboxylic acids is 1. The van der Waals surface area contributed by atoms with Gasteiger partial charge in [0.2, 0.25) is 5.82 Å². The number of pyridine rings is 1. The molecule has 21 heavy (non-hydrogen) atoms. The number of carboxylic acid groups (broad SMARTS) is 1. The SMILES string of the molecule is O=C(O)c1cnc(N2CCC3CCCCC32)c([N+](=O)[O-])c1. The van der Waals surface area contributed by atoms with Crippen LogP contribution in [0.2, 0.25) is 0 Å². The average molecular weight is 291 g/mol. The molecule has 2 fully saturated rings. The number of hydrogen-bond donors (Lipinski definition) is 1. The lowest BCUT2D eigenvalue weighted by Gasteiger charge is -2.32. The van der Waals surface area contributed by atoms with E-state index in [0.717, 1.165) is 31.9 Å². The maximum Gasteiger partial charge on any atom is 0.337 e. The van der Waals surface area contributed by atoms with Gasteiger partial charge in [-0.25, -0.2) is 9.78 Å². The minimum Gasteiger partial charge on any atom is -0.478 e. The third-order valence-corrected chi connectivity index (χ3v) is 4.57. The number of fused-ring (bicyclic) bond motifs is 1. The normalized spacial score (nSPS) is 24.7. The van der Waals surface area contributed by atoms with E-state index < -0.39 is 10.9 Å². The molecule has 0 amide bonds. The molecule has 1 aromatic rings. The number of carbonyl (C=O) groups is 1. The molecule has 3 rings (SSSR count). The first-order valence-electron chi connectivity index (χ1n) is 7.22. The third-order valence-electron chi connectivity index (χ3n) is 4.57. The van der Waals surface area contributed by atoms with E-state index in [1.54, 1.807) is 0 Å². The van der Waals surface area contributed by atoms with E-state index in [9.17, 15) is 14.9 Å². The summed E-state index contributed by atoms with van der Waals surface area (Å²) in [6, 6.07) is 1.42. The fraction of sp³-hybridized carbons (Fsp3) is 0.571. The maximum atomic E-state index is 11.3. The van der Waals surface area contributed by atoms with Gasteiger partial charge in [0.15, 0.2) is 0 Å². The van der Waals surface area contributed by atoms with Crippen LogP contribution in [0.5, 0.6) is 0 Å². The number of rotatable bonds is 3. The molecule has 0 spiro atoms. The molecule has 7 heteroatoms. The van der Waals surface area contributed by atoms with E-state index in [1.165, 1.54) is 19.0 Å². The molecule has 0 aromatic carbocycles. The predicted molar refractivity (Wildman–Crippen MR) is 75.6 cm³/mol. The van der Waals surface area contributed by atoms with Crippen LogP contribution in [0.3, 0.4) is 0 Å². The summed E-state index contributed by atoms with van der Waals surface area (Å²) in [5.41, 5.74) is -0.356. The van der Waals surface area contributed by atoms with Crippen molar-refractivity contribution in [2.45, 2.75) is 38.1 Å². The molecule has 1 aliphatic heterocycles. The number of nitro groups is 1. The molecule has 1 N–H and O–H groups in total. The van der Waals surface area contributed by atoms with Crippen LogP contribution in [0.15, 0.2) is 12.3 Å². The van der Waals surface area contributed by atoms with Crippen LogP contribution >= 0.6 is 0 Å². The molecular formula is C14H17N3O4. The minimum atomic E-state index is -1.20. The number of aromatic nitrogens is 1. The Morgan fingerprint density at radius 1 is 1.38 bits per heavy atom. The van der Waals surface area contributed by atoms with Gasteiger partial charge in [0.05, 0.1) is 10.5 Å². The zero-order valence-electron chi connectivity index (χ0n) is 11.6. The number of hydrogen-bond acceptors (Lipinski definition) is 5. The quantitative estimate of drug-likeness (QED) is 0.678. The Balaban J connectivity index is 1.98. The van der Waals surface area contributed by atoms with Crippen molar-refractivity contribution in [3.8, 4) is 0 Å². The minimum absolute atomic E-state index is 0.148. The van der Waals surface area contributed by atoms with Gasteiger partial charge in [-0.3, -0.25) is 10.1 Å². The van der Waals surface area contributed by atoms with Crippen molar-refractivity contribution < 1.29 is 14.8 Å². The Labute approximate surface area is 121 Å². The van der Waals surface area contributed by atoms with Crippen molar-refractivity contribution in [2.24, 2.45) is 5.92 Å². The Morgan fingerprint density at radius 3 is 2.86 bits per heavy atom. The highest BCUT2D eigenvalue weighted by Gasteiger charge is 2.39. The van der Waals surface area contributed by atoms with E-state index in [0.29, 0.717) is 17.8 Å². The molecule has 2 atom stereocenters. The molecule has 1 saturated carbocycles. The fourth-order valence-electron chi connectivity index (χ4n) is 3.59. The smallest absolute Gasteiger partial charge is 0.337 e. The number of anilines is 1. The molecule has 1 aliphatic carbocycles. The lowest BCUT2D eigenvalue weighted by Crippen LogP contribution is -2.35. The maximum absolute atomic E-state index is 11.3. The summed E-state index contributed by atoms with van der Waals surface area (Å²) in [6.45, 7) is 0.760. The zero-order chi connectivity index (χ0) is 15.0. The van der Waals surface area contributed by atoms with E-state index in [4.69, 9.17) is 5.11 Å². The lowest BCUT2D eigenvalue weighted by molar-refractivity contribution is -0.384.